The summed E-state index contributed by atoms with van der Waals surface area (Å²) in [6.07, 6.45) is 0.129. The smallest absolute Gasteiger partial charge is 0.311 e. The van der Waals surface area contributed by atoms with Crippen LogP contribution in [0.4, 0.5) is 0 Å². The van der Waals surface area contributed by atoms with E-state index in [0.29, 0.717) is 18.0 Å². The van der Waals surface area contributed by atoms with Crippen LogP contribution in [-0.2, 0) is 20.9 Å². The van der Waals surface area contributed by atoms with E-state index in [1.165, 1.54) is 11.3 Å². The Kier molecular flexibility index (Phi) is 5.65. The van der Waals surface area contributed by atoms with Crippen LogP contribution in [0.3, 0.4) is 0 Å². The van der Waals surface area contributed by atoms with Crippen molar-refractivity contribution >= 4 is 44.9 Å². The first-order valence-electron chi connectivity index (χ1n) is 7.80. The molecular formula is C18H16BrNO4S. The zero-order valence-electron chi connectivity index (χ0n) is 13.3. The molecule has 2 heterocycles. The Morgan fingerprint density at radius 3 is 2.64 bits per heavy atom. The number of thiophene rings is 1. The number of halogens is 1. The van der Waals surface area contributed by atoms with Gasteiger partial charge in [-0.2, -0.15) is 0 Å². The minimum atomic E-state index is -0.515. The lowest BCUT2D eigenvalue weighted by Crippen LogP contribution is -2.27. The second-order valence-electron chi connectivity index (χ2n) is 5.80. The van der Waals surface area contributed by atoms with Crippen LogP contribution < -0.4 is 0 Å². The van der Waals surface area contributed by atoms with Crippen molar-refractivity contribution in [2.75, 3.05) is 13.2 Å². The van der Waals surface area contributed by atoms with E-state index < -0.39 is 11.9 Å². The summed E-state index contributed by atoms with van der Waals surface area (Å²) in [4.78, 5) is 38.4. The molecule has 3 rings (SSSR count). The van der Waals surface area contributed by atoms with Crippen molar-refractivity contribution in [3.05, 3.63) is 56.7 Å². The number of Topliss-reactive ketones (excluding diaryl/α,β-unsaturated/α-hetero) is 1. The summed E-state index contributed by atoms with van der Waals surface area (Å²) in [5.41, 5.74) is 1.02. The Morgan fingerprint density at radius 1 is 1.20 bits per heavy atom. The van der Waals surface area contributed by atoms with E-state index in [4.69, 9.17) is 4.74 Å². The molecule has 0 bridgehead atoms. The first kappa shape index (κ1) is 17.8. The molecule has 0 aliphatic carbocycles. The van der Waals surface area contributed by atoms with Crippen LogP contribution in [0, 0.1) is 5.92 Å². The van der Waals surface area contributed by atoms with Crippen LogP contribution >= 0.6 is 27.3 Å². The second-order valence-corrected chi connectivity index (χ2v) is 8.26. The molecule has 0 saturated carbocycles. The number of carbonyl (C=O) groups excluding carboxylic acids is 3. The Balaban J connectivity index is 1.51. The van der Waals surface area contributed by atoms with Crippen molar-refractivity contribution in [2.24, 2.45) is 5.92 Å². The second kappa shape index (κ2) is 7.93. The van der Waals surface area contributed by atoms with E-state index in [9.17, 15) is 14.4 Å². The lowest BCUT2D eigenvalue weighted by atomic mass is 10.1. The number of amides is 1. The van der Waals surface area contributed by atoms with Gasteiger partial charge in [-0.3, -0.25) is 14.4 Å². The van der Waals surface area contributed by atoms with Crippen molar-refractivity contribution in [2.45, 2.75) is 13.0 Å². The largest absolute Gasteiger partial charge is 0.457 e. The molecule has 1 aromatic heterocycles. The molecule has 1 aliphatic rings. The Bertz CT molecular complexity index is 789. The monoisotopic (exact) mass is 421 g/mol. The molecule has 1 amide bonds. The Morgan fingerprint density at radius 2 is 1.96 bits per heavy atom. The van der Waals surface area contributed by atoms with E-state index in [1.54, 1.807) is 17.0 Å². The van der Waals surface area contributed by atoms with Crippen molar-refractivity contribution in [3.63, 3.8) is 0 Å². The first-order chi connectivity index (χ1) is 12.0. The molecule has 0 unspecified atom stereocenters. The number of ether oxygens (including phenoxy) is 1. The Hall–Kier alpha value is -1.99. The van der Waals surface area contributed by atoms with Gasteiger partial charge in [0.25, 0.3) is 0 Å². The molecule has 0 N–H and O–H groups in total. The average molecular weight is 422 g/mol. The summed E-state index contributed by atoms with van der Waals surface area (Å²) < 4.78 is 5.97. The summed E-state index contributed by atoms with van der Waals surface area (Å²) in [6, 6.07) is 13.1. The summed E-state index contributed by atoms with van der Waals surface area (Å²) in [5.74, 6) is -1.32. The van der Waals surface area contributed by atoms with Gasteiger partial charge in [-0.1, -0.05) is 30.3 Å². The lowest BCUT2D eigenvalue weighted by molar-refractivity contribution is -0.147. The number of benzene rings is 1. The quantitative estimate of drug-likeness (QED) is 0.530. The number of ketones is 1. The third kappa shape index (κ3) is 4.55. The molecule has 1 aliphatic heterocycles. The molecule has 1 fully saturated rings. The maximum absolute atomic E-state index is 12.2. The lowest BCUT2D eigenvalue weighted by Gasteiger charge is -2.16. The van der Waals surface area contributed by atoms with Gasteiger partial charge in [0.05, 0.1) is 14.6 Å². The summed E-state index contributed by atoms with van der Waals surface area (Å²) in [5, 5.41) is 0. The van der Waals surface area contributed by atoms with E-state index in [2.05, 4.69) is 15.9 Å². The minimum Gasteiger partial charge on any atom is -0.457 e. The molecule has 130 valence electrons. The van der Waals surface area contributed by atoms with E-state index in [0.717, 1.165) is 9.35 Å². The molecule has 1 atom stereocenters. The van der Waals surface area contributed by atoms with Crippen LogP contribution in [0.5, 0.6) is 0 Å². The molecular weight excluding hydrogens is 406 g/mol. The highest BCUT2D eigenvalue weighted by molar-refractivity contribution is 9.11. The summed E-state index contributed by atoms with van der Waals surface area (Å²) in [6.45, 7) is 0.506. The fraction of sp³-hybridized carbons (Fsp3) is 0.278. The molecule has 25 heavy (non-hydrogen) atoms. The van der Waals surface area contributed by atoms with Gasteiger partial charge in [0.1, 0.15) is 0 Å². The van der Waals surface area contributed by atoms with Crippen molar-refractivity contribution in [3.8, 4) is 0 Å². The standard InChI is InChI=1S/C18H16BrNO4S/c19-16-7-6-15(25-16)14(21)11-24-18(23)13-8-17(22)20(10-13)9-12-4-2-1-3-5-12/h1-7,13H,8-11H2/t13-/m1/s1. The number of likely N-dealkylation sites (tertiary alicyclic amines) is 1. The van der Waals surface area contributed by atoms with Gasteiger partial charge in [-0.25, -0.2) is 0 Å². The Labute approximate surface area is 157 Å². The third-order valence-electron chi connectivity index (χ3n) is 3.96. The topological polar surface area (TPSA) is 63.7 Å². The van der Waals surface area contributed by atoms with Crippen LogP contribution in [0.25, 0.3) is 0 Å². The predicted molar refractivity (Wildman–Crippen MR) is 97.3 cm³/mol. The molecule has 5 nitrogen and oxygen atoms in total. The molecule has 7 heteroatoms. The minimum absolute atomic E-state index is 0.0701. The molecule has 2 aromatic rings. The number of esters is 1. The molecule has 1 aromatic carbocycles. The number of carbonyl (C=O) groups is 3. The predicted octanol–water partition coefficient (Wildman–Crippen LogP) is 3.29. The molecule has 0 radical (unpaired) electrons. The number of rotatable bonds is 6. The summed E-state index contributed by atoms with van der Waals surface area (Å²) in [7, 11) is 0. The normalized spacial score (nSPS) is 16.9. The van der Waals surface area contributed by atoms with Crippen molar-refractivity contribution < 1.29 is 19.1 Å². The third-order valence-corrected chi connectivity index (χ3v) is 5.62. The molecule has 0 spiro atoms. The van der Waals surface area contributed by atoms with Gasteiger partial charge in [-0.05, 0) is 33.6 Å². The highest BCUT2D eigenvalue weighted by atomic mass is 79.9. The fourth-order valence-corrected chi connectivity index (χ4v) is 3.99. The van der Waals surface area contributed by atoms with Gasteiger partial charge in [-0.15, -0.1) is 11.3 Å². The maximum atomic E-state index is 12.2. The SMILES string of the molecule is O=C(COC(=O)[C@@H]1CC(=O)N(Cc2ccccc2)C1)c1ccc(Br)s1. The van der Waals surface area contributed by atoms with Crippen molar-refractivity contribution in [1.29, 1.82) is 0 Å². The first-order valence-corrected chi connectivity index (χ1v) is 9.41. The van der Waals surface area contributed by atoms with Gasteiger partial charge >= 0.3 is 5.97 Å². The van der Waals surface area contributed by atoms with Crippen LogP contribution in [-0.4, -0.2) is 35.7 Å². The van der Waals surface area contributed by atoms with Crippen LogP contribution in [0.15, 0.2) is 46.3 Å². The maximum Gasteiger partial charge on any atom is 0.311 e. The van der Waals surface area contributed by atoms with Crippen LogP contribution in [0.2, 0.25) is 0 Å². The van der Waals surface area contributed by atoms with Gasteiger partial charge in [0, 0.05) is 19.5 Å². The average Bonchev–Trinajstić information content (AvgIpc) is 3.20. The van der Waals surface area contributed by atoms with Crippen LogP contribution in [0.1, 0.15) is 21.7 Å². The number of hydrogen-bond acceptors (Lipinski definition) is 5. The highest BCUT2D eigenvalue weighted by Gasteiger charge is 2.35. The molecule has 1 saturated heterocycles. The van der Waals surface area contributed by atoms with E-state index >= 15 is 0 Å². The number of nitrogens with zero attached hydrogens (tertiary/aromatic N) is 1. The van der Waals surface area contributed by atoms with E-state index in [1.807, 2.05) is 30.3 Å². The fourth-order valence-electron chi connectivity index (χ4n) is 2.68. The van der Waals surface area contributed by atoms with Gasteiger partial charge < -0.3 is 9.64 Å². The highest BCUT2D eigenvalue weighted by Crippen LogP contribution is 2.24. The van der Waals surface area contributed by atoms with Gasteiger partial charge in [0.15, 0.2) is 6.61 Å². The number of hydrogen-bond donors (Lipinski definition) is 0. The van der Waals surface area contributed by atoms with E-state index in [-0.39, 0.29) is 24.7 Å². The van der Waals surface area contributed by atoms with Crippen molar-refractivity contribution in [1.82, 2.24) is 4.90 Å². The zero-order valence-corrected chi connectivity index (χ0v) is 15.7. The summed E-state index contributed by atoms with van der Waals surface area (Å²) >= 11 is 4.59. The zero-order chi connectivity index (χ0) is 17.8. The van der Waals surface area contributed by atoms with Gasteiger partial charge in [0.2, 0.25) is 11.7 Å².